The summed E-state index contributed by atoms with van der Waals surface area (Å²) >= 11 is 1.54. The largest absolute Gasteiger partial charge is 0.330 e. The predicted molar refractivity (Wildman–Crippen MR) is 93.1 cm³/mol. The lowest BCUT2D eigenvalue weighted by Crippen LogP contribution is -2.47. The van der Waals surface area contributed by atoms with Crippen LogP contribution in [0.15, 0.2) is 29.6 Å². The van der Waals surface area contributed by atoms with Crippen molar-refractivity contribution in [2.75, 3.05) is 0 Å². The number of amides is 2. The number of nitrogens with zero attached hydrogens (tertiary/aromatic N) is 2. The van der Waals surface area contributed by atoms with Gasteiger partial charge in [-0.05, 0) is 45.4 Å². The molecule has 7 nitrogen and oxygen atoms in total. The molecule has 1 aromatic carbocycles. The van der Waals surface area contributed by atoms with Crippen molar-refractivity contribution in [1.82, 2.24) is 15.6 Å². The Labute approximate surface area is 144 Å². The fraction of sp³-hybridized carbons (Fsp3) is 0.375. The maximum absolute atomic E-state index is 12.2. The van der Waals surface area contributed by atoms with Gasteiger partial charge in [0.05, 0.1) is 27.2 Å². The highest BCUT2D eigenvalue weighted by Gasteiger charge is 2.24. The van der Waals surface area contributed by atoms with E-state index in [1.54, 1.807) is 12.1 Å². The van der Waals surface area contributed by atoms with Gasteiger partial charge in [-0.2, -0.15) is 0 Å². The summed E-state index contributed by atoms with van der Waals surface area (Å²) in [5.74, 6) is 0. The molecule has 0 fully saturated rings. The van der Waals surface area contributed by atoms with Crippen molar-refractivity contribution in [2.24, 2.45) is 0 Å². The van der Waals surface area contributed by atoms with Crippen molar-refractivity contribution in [3.63, 3.8) is 0 Å². The summed E-state index contributed by atoms with van der Waals surface area (Å²) < 4.78 is 0. The molecule has 0 aliphatic heterocycles. The number of non-ortho nitro benzene ring substituents is 1. The third kappa shape index (κ3) is 4.29. The van der Waals surface area contributed by atoms with E-state index in [1.165, 1.54) is 23.5 Å². The van der Waals surface area contributed by atoms with E-state index in [-0.39, 0.29) is 17.8 Å². The predicted octanol–water partition coefficient (Wildman–Crippen LogP) is 3.66. The van der Waals surface area contributed by atoms with Crippen molar-refractivity contribution >= 4 is 23.1 Å². The number of benzene rings is 1. The Balaban J connectivity index is 2.02. The van der Waals surface area contributed by atoms with Crippen LogP contribution in [0, 0.1) is 17.0 Å². The Morgan fingerprint density at radius 2 is 1.96 bits per heavy atom. The van der Waals surface area contributed by atoms with Crippen LogP contribution in [-0.2, 0) is 5.54 Å². The van der Waals surface area contributed by atoms with E-state index < -0.39 is 10.5 Å². The molecule has 0 radical (unpaired) electrons. The fourth-order valence-corrected chi connectivity index (χ4v) is 2.95. The molecule has 2 aromatic rings. The lowest BCUT2D eigenvalue weighted by Gasteiger charge is -2.27. The molecular formula is C16H20N4O3S. The number of carbonyl (C=O) groups excluding carboxylic acids is 1. The van der Waals surface area contributed by atoms with Gasteiger partial charge in [0.25, 0.3) is 5.69 Å². The summed E-state index contributed by atoms with van der Waals surface area (Å²) in [4.78, 5) is 26.9. The Kier molecular flexibility index (Phi) is 5.18. The van der Waals surface area contributed by atoms with E-state index in [2.05, 4.69) is 15.6 Å². The first-order chi connectivity index (χ1) is 11.2. The molecule has 1 heterocycles. The molecule has 24 heavy (non-hydrogen) atoms. The minimum absolute atomic E-state index is 0.0199. The van der Waals surface area contributed by atoms with E-state index in [9.17, 15) is 14.9 Å². The first kappa shape index (κ1) is 17.9. The number of carbonyl (C=O) groups is 1. The number of nitro benzene ring substituents is 1. The molecule has 128 valence electrons. The average Bonchev–Trinajstić information content (AvgIpc) is 2.93. The lowest BCUT2D eigenvalue weighted by molar-refractivity contribution is -0.384. The van der Waals surface area contributed by atoms with Crippen molar-refractivity contribution in [2.45, 2.75) is 39.3 Å². The summed E-state index contributed by atoms with van der Waals surface area (Å²) in [6, 6.07) is 5.62. The van der Waals surface area contributed by atoms with Gasteiger partial charge >= 0.3 is 6.03 Å². The smallest absolute Gasteiger partial charge is 0.315 e. The molecule has 8 heteroatoms. The van der Waals surface area contributed by atoms with Crippen LogP contribution in [0.2, 0.25) is 0 Å². The van der Waals surface area contributed by atoms with Crippen LogP contribution in [0.4, 0.5) is 10.5 Å². The number of nitrogens with one attached hydrogen (secondary N) is 2. The molecule has 0 aliphatic rings. The number of nitro groups is 1. The molecule has 1 unspecified atom stereocenters. The van der Waals surface area contributed by atoms with Gasteiger partial charge < -0.3 is 10.6 Å². The topological polar surface area (TPSA) is 97.2 Å². The zero-order valence-electron chi connectivity index (χ0n) is 14.0. The van der Waals surface area contributed by atoms with Gasteiger partial charge in [0.15, 0.2) is 0 Å². The SMILES string of the molecule is Cc1nc(C(C)NC(=O)NC(C)(C)c2ccc([N+](=O)[O-])cc2)cs1. The van der Waals surface area contributed by atoms with Crippen molar-refractivity contribution in [3.05, 3.63) is 56.0 Å². The minimum Gasteiger partial charge on any atom is -0.330 e. The Bertz CT molecular complexity index is 740. The Morgan fingerprint density at radius 1 is 1.33 bits per heavy atom. The Morgan fingerprint density at radius 3 is 2.46 bits per heavy atom. The number of hydrogen-bond acceptors (Lipinski definition) is 5. The fourth-order valence-electron chi connectivity index (χ4n) is 2.24. The van der Waals surface area contributed by atoms with E-state index in [0.29, 0.717) is 0 Å². The van der Waals surface area contributed by atoms with Gasteiger partial charge in [0, 0.05) is 17.5 Å². The van der Waals surface area contributed by atoms with E-state index in [1.807, 2.05) is 33.1 Å². The molecule has 0 spiro atoms. The van der Waals surface area contributed by atoms with E-state index in [4.69, 9.17) is 0 Å². The van der Waals surface area contributed by atoms with Crippen LogP contribution in [0.3, 0.4) is 0 Å². The maximum Gasteiger partial charge on any atom is 0.315 e. The number of hydrogen-bond donors (Lipinski definition) is 2. The number of rotatable bonds is 5. The summed E-state index contributed by atoms with van der Waals surface area (Å²) in [7, 11) is 0. The summed E-state index contributed by atoms with van der Waals surface area (Å²) in [6.45, 7) is 7.46. The van der Waals surface area contributed by atoms with E-state index >= 15 is 0 Å². The third-order valence-electron chi connectivity index (χ3n) is 3.65. The second-order valence-electron chi connectivity index (χ2n) is 6.04. The van der Waals surface area contributed by atoms with Crippen molar-refractivity contribution < 1.29 is 9.72 Å². The van der Waals surface area contributed by atoms with Crippen LogP contribution in [-0.4, -0.2) is 15.9 Å². The van der Waals surface area contributed by atoms with Crippen LogP contribution in [0.1, 0.15) is 43.1 Å². The maximum atomic E-state index is 12.2. The van der Waals surface area contributed by atoms with Crippen molar-refractivity contribution in [3.8, 4) is 0 Å². The normalized spacial score (nSPS) is 12.5. The van der Waals surface area contributed by atoms with Crippen molar-refractivity contribution in [1.29, 1.82) is 0 Å². The van der Waals surface area contributed by atoms with Gasteiger partial charge in [-0.1, -0.05) is 0 Å². The molecule has 2 rings (SSSR count). The first-order valence-corrected chi connectivity index (χ1v) is 8.32. The molecule has 0 bridgehead atoms. The lowest BCUT2D eigenvalue weighted by atomic mass is 9.94. The molecule has 2 N–H and O–H groups in total. The Hall–Kier alpha value is -2.48. The second-order valence-corrected chi connectivity index (χ2v) is 7.10. The second kappa shape index (κ2) is 6.96. The summed E-state index contributed by atoms with van der Waals surface area (Å²) in [6.07, 6.45) is 0. The van der Waals surface area contributed by atoms with Gasteiger partial charge in [-0.25, -0.2) is 9.78 Å². The van der Waals surface area contributed by atoms with Gasteiger partial charge in [-0.3, -0.25) is 10.1 Å². The average molecular weight is 348 g/mol. The molecule has 0 aliphatic carbocycles. The minimum atomic E-state index is -0.670. The molecule has 1 atom stereocenters. The number of aryl methyl sites for hydroxylation is 1. The third-order valence-corrected chi connectivity index (χ3v) is 4.45. The van der Waals surface area contributed by atoms with Gasteiger partial charge in [0.2, 0.25) is 0 Å². The standard InChI is InChI=1S/C16H20N4O3S/c1-10(14-9-24-11(2)18-14)17-15(21)19-16(3,4)12-5-7-13(8-6-12)20(22)23/h5-10H,1-4H3,(H2,17,19,21). The van der Waals surface area contributed by atoms with Crippen LogP contribution in [0.25, 0.3) is 0 Å². The molecular weight excluding hydrogens is 328 g/mol. The zero-order chi connectivity index (χ0) is 17.9. The molecule has 1 aromatic heterocycles. The highest BCUT2D eigenvalue weighted by molar-refractivity contribution is 7.09. The number of urea groups is 1. The monoisotopic (exact) mass is 348 g/mol. The number of thiazole rings is 1. The van der Waals surface area contributed by atoms with Crippen LogP contribution in [0.5, 0.6) is 0 Å². The van der Waals surface area contributed by atoms with Gasteiger partial charge in [0.1, 0.15) is 0 Å². The first-order valence-electron chi connectivity index (χ1n) is 7.44. The van der Waals surface area contributed by atoms with Gasteiger partial charge in [-0.15, -0.1) is 11.3 Å². The highest BCUT2D eigenvalue weighted by Crippen LogP contribution is 2.23. The van der Waals surface area contributed by atoms with Crippen LogP contribution < -0.4 is 10.6 Å². The molecule has 0 saturated carbocycles. The highest BCUT2D eigenvalue weighted by atomic mass is 32.1. The number of aromatic nitrogens is 1. The summed E-state index contributed by atoms with van der Waals surface area (Å²) in [5.41, 5.74) is 0.949. The quantitative estimate of drug-likeness (QED) is 0.636. The van der Waals surface area contributed by atoms with Crippen LogP contribution >= 0.6 is 11.3 Å². The summed E-state index contributed by atoms with van der Waals surface area (Å²) in [5, 5.41) is 19.3. The molecule has 0 saturated heterocycles. The van der Waals surface area contributed by atoms with E-state index in [0.717, 1.165) is 16.3 Å². The molecule has 2 amide bonds. The zero-order valence-corrected chi connectivity index (χ0v) is 14.8.